The summed E-state index contributed by atoms with van der Waals surface area (Å²) in [7, 11) is 1.93. The van der Waals surface area contributed by atoms with Crippen molar-refractivity contribution in [1.29, 1.82) is 0 Å². The molecule has 4 heteroatoms. The molecule has 2 aromatic carbocycles. The Kier molecular flexibility index (Phi) is 3.98. The second-order valence-electron chi connectivity index (χ2n) is 6.19. The number of aryl methyl sites for hydroxylation is 2. The van der Waals surface area contributed by atoms with Gasteiger partial charge in [-0.1, -0.05) is 18.1 Å². The van der Waals surface area contributed by atoms with Crippen LogP contribution in [0.1, 0.15) is 16.8 Å². The van der Waals surface area contributed by atoms with E-state index in [4.69, 9.17) is 0 Å². The quantitative estimate of drug-likeness (QED) is 0.478. The van der Waals surface area contributed by atoms with Crippen LogP contribution in [0, 0.1) is 24.6 Å². The average Bonchev–Trinajstić information content (AvgIpc) is 3.02. The van der Waals surface area contributed by atoms with Gasteiger partial charge in [-0.2, -0.15) is 0 Å². The number of benzene rings is 2. The molecule has 0 fully saturated rings. The normalized spacial score (nSPS) is 10.6. The fourth-order valence-electron chi connectivity index (χ4n) is 2.81. The van der Waals surface area contributed by atoms with Crippen molar-refractivity contribution in [2.45, 2.75) is 6.92 Å². The molecule has 0 aliphatic heterocycles. The number of hydrogen-bond donors (Lipinski definition) is 0. The SMILES string of the molecule is Cc1cccc(C#Cc2nc(-c3ccc(F)cc3)nc3c2ccn3C)c1. The summed E-state index contributed by atoms with van der Waals surface area (Å²) in [6.45, 7) is 2.04. The first-order valence-corrected chi connectivity index (χ1v) is 8.28. The summed E-state index contributed by atoms with van der Waals surface area (Å²) in [5.41, 5.74) is 4.32. The Bertz CT molecular complexity index is 1160. The minimum Gasteiger partial charge on any atom is -0.335 e. The summed E-state index contributed by atoms with van der Waals surface area (Å²) in [6, 6.07) is 16.2. The molecular formula is C22H16FN3. The number of nitrogens with zero attached hydrogens (tertiary/aromatic N) is 3. The third-order valence-corrected chi connectivity index (χ3v) is 4.17. The third kappa shape index (κ3) is 3.07. The standard InChI is InChI=1S/C22H16FN3/c1-15-4-3-5-16(14-15)6-11-20-19-12-13-26(2)22(19)25-21(24-20)17-7-9-18(23)10-8-17/h3-5,7-10,12-14H,1-2H3. The van der Waals surface area contributed by atoms with Crippen LogP contribution in [-0.2, 0) is 7.05 Å². The maximum atomic E-state index is 13.2. The van der Waals surface area contributed by atoms with E-state index in [1.54, 1.807) is 12.1 Å². The number of rotatable bonds is 1. The lowest BCUT2D eigenvalue weighted by Gasteiger charge is -2.04. The zero-order valence-corrected chi connectivity index (χ0v) is 14.5. The van der Waals surface area contributed by atoms with Gasteiger partial charge < -0.3 is 4.57 Å². The van der Waals surface area contributed by atoms with Gasteiger partial charge in [-0.15, -0.1) is 0 Å². The van der Waals surface area contributed by atoms with E-state index in [0.29, 0.717) is 11.5 Å². The van der Waals surface area contributed by atoms with Crippen molar-refractivity contribution in [3.63, 3.8) is 0 Å². The van der Waals surface area contributed by atoms with Crippen molar-refractivity contribution in [2.24, 2.45) is 7.05 Å². The second-order valence-corrected chi connectivity index (χ2v) is 6.19. The second kappa shape index (κ2) is 6.45. The number of hydrogen-bond acceptors (Lipinski definition) is 2. The van der Waals surface area contributed by atoms with Gasteiger partial charge in [0.1, 0.15) is 17.2 Å². The highest BCUT2D eigenvalue weighted by molar-refractivity contribution is 5.83. The Morgan fingerprint density at radius 3 is 2.54 bits per heavy atom. The van der Waals surface area contributed by atoms with Crippen molar-refractivity contribution in [2.75, 3.05) is 0 Å². The van der Waals surface area contributed by atoms with E-state index in [-0.39, 0.29) is 5.82 Å². The highest BCUT2D eigenvalue weighted by atomic mass is 19.1. The van der Waals surface area contributed by atoms with E-state index >= 15 is 0 Å². The molecule has 26 heavy (non-hydrogen) atoms. The van der Waals surface area contributed by atoms with Gasteiger partial charge in [-0.3, -0.25) is 0 Å². The molecule has 0 saturated carbocycles. The largest absolute Gasteiger partial charge is 0.335 e. The fraction of sp³-hybridized carbons (Fsp3) is 0.0909. The van der Waals surface area contributed by atoms with Crippen LogP contribution in [0.2, 0.25) is 0 Å². The van der Waals surface area contributed by atoms with Crippen LogP contribution in [0.15, 0.2) is 60.8 Å². The molecule has 2 aromatic heterocycles. The van der Waals surface area contributed by atoms with Gasteiger partial charge in [0.2, 0.25) is 0 Å². The molecule has 4 rings (SSSR count). The maximum Gasteiger partial charge on any atom is 0.162 e. The molecular weight excluding hydrogens is 325 g/mol. The van der Waals surface area contributed by atoms with Gasteiger partial charge in [-0.05, 0) is 60.9 Å². The predicted octanol–water partition coefficient (Wildman–Crippen LogP) is 4.48. The van der Waals surface area contributed by atoms with Gasteiger partial charge in [0, 0.05) is 24.4 Å². The third-order valence-electron chi connectivity index (χ3n) is 4.17. The summed E-state index contributed by atoms with van der Waals surface area (Å²) >= 11 is 0. The fourth-order valence-corrected chi connectivity index (χ4v) is 2.81. The van der Waals surface area contributed by atoms with Crippen molar-refractivity contribution < 1.29 is 4.39 Å². The van der Waals surface area contributed by atoms with E-state index in [0.717, 1.165) is 27.7 Å². The van der Waals surface area contributed by atoms with E-state index in [1.807, 2.05) is 55.1 Å². The molecule has 0 radical (unpaired) electrons. The molecule has 0 spiro atoms. The topological polar surface area (TPSA) is 30.7 Å². The molecule has 2 heterocycles. The zero-order valence-electron chi connectivity index (χ0n) is 14.5. The number of halogens is 1. The first kappa shape index (κ1) is 16.0. The molecule has 0 unspecified atom stereocenters. The Morgan fingerprint density at radius 2 is 1.77 bits per heavy atom. The molecule has 0 atom stereocenters. The summed E-state index contributed by atoms with van der Waals surface area (Å²) in [6.07, 6.45) is 1.94. The molecule has 0 N–H and O–H groups in total. The smallest absolute Gasteiger partial charge is 0.162 e. The van der Waals surface area contributed by atoms with Crippen LogP contribution in [0.5, 0.6) is 0 Å². The van der Waals surface area contributed by atoms with Crippen LogP contribution in [0.25, 0.3) is 22.4 Å². The van der Waals surface area contributed by atoms with Crippen molar-refractivity contribution in [1.82, 2.24) is 14.5 Å². The first-order chi connectivity index (χ1) is 12.6. The summed E-state index contributed by atoms with van der Waals surface area (Å²) in [5.74, 6) is 6.61. The Morgan fingerprint density at radius 1 is 0.962 bits per heavy atom. The van der Waals surface area contributed by atoms with Crippen molar-refractivity contribution in [3.8, 4) is 23.2 Å². The molecule has 0 amide bonds. The van der Waals surface area contributed by atoms with Crippen LogP contribution in [-0.4, -0.2) is 14.5 Å². The van der Waals surface area contributed by atoms with Crippen LogP contribution in [0.4, 0.5) is 4.39 Å². The Balaban J connectivity index is 1.87. The summed E-state index contributed by atoms with van der Waals surface area (Å²) < 4.78 is 15.2. The highest BCUT2D eigenvalue weighted by Crippen LogP contribution is 2.22. The molecule has 4 aromatic rings. The zero-order chi connectivity index (χ0) is 18.1. The molecule has 3 nitrogen and oxygen atoms in total. The molecule has 0 aliphatic rings. The van der Waals surface area contributed by atoms with Crippen molar-refractivity contribution in [3.05, 3.63) is 83.4 Å². The molecule has 0 aliphatic carbocycles. The van der Waals surface area contributed by atoms with E-state index in [2.05, 4.69) is 21.8 Å². The molecule has 126 valence electrons. The lowest BCUT2D eigenvalue weighted by atomic mass is 10.1. The van der Waals surface area contributed by atoms with Crippen LogP contribution in [0.3, 0.4) is 0 Å². The lowest BCUT2D eigenvalue weighted by Crippen LogP contribution is -1.97. The number of aromatic nitrogens is 3. The van der Waals surface area contributed by atoms with E-state index in [1.165, 1.54) is 12.1 Å². The highest BCUT2D eigenvalue weighted by Gasteiger charge is 2.10. The monoisotopic (exact) mass is 341 g/mol. The summed E-state index contributed by atoms with van der Waals surface area (Å²) in [4.78, 5) is 9.26. The van der Waals surface area contributed by atoms with Gasteiger partial charge in [0.05, 0.1) is 5.39 Å². The lowest BCUT2D eigenvalue weighted by molar-refractivity contribution is 0.628. The summed E-state index contributed by atoms with van der Waals surface area (Å²) in [5, 5.41) is 0.901. The van der Waals surface area contributed by atoms with Crippen molar-refractivity contribution >= 4 is 11.0 Å². The molecule has 0 saturated heterocycles. The van der Waals surface area contributed by atoms with Crippen LogP contribution >= 0.6 is 0 Å². The van der Waals surface area contributed by atoms with Gasteiger partial charge in [0.15, 0.2) is 5.82 Å². The van der Waals surface area contributed by atoms with E-state index < -0.39 is 0 Å². The minimum atomic E-state index is -0.284. The maximum absolute atomic E-state index is 13.2. The Labute approximate surface area is 151 Å². The average molecular weight is 341 g/mol. The van der Waals surface area contributed by atoms with Gasteiger partial charge in [0.25, 0.3) is 0 Å². The number of fused-ring (bicyclic) bond motifs is 1. The van der Waals surface area contributed by atoms with Gasteiger partial charge >= 0.3 is 0 Å². The first-order valence-electron chi connectivity index (χ1n) is 8.28. The van der Waals surface area contributed by atoms with E-state index in [9.17, 15) is 4.39 Å². The molecule has 0 bridgehead atoms. The minimum absolute atomic E-state index is 0.284. The predicted molar refractivity (Wildman–Crippen MR) is 101 cm³/mol. The van der Waals surface area contributed by atoms with Crippen LogP contribution < -0.4 is 0 Å². The Hall–Kier alpha value is -3.45. The van der Waals surface area contributed by atoms with Gasteiger partial charge in [-0.25, -0.2) is 14.4 Å².